The number of aromatic nitrogens is 2. The predicted molar refractivity (Wildman–Crippen MR) is 96.1 cm³/mol. The highest BCUT2D eigenvalue weighted by Gasteiger charge is 2.13. The normalized spacial score (nSPS) is 10.5. The third-order valence-electron chi connectivity index (χ3n) is 3.26. The van der Waals surface area contributed by atoms with Crippen LogP contribution in [-0.4, -0.2) is 15.9 Å². The van der Waals surface area contributed by atoms with Crippen molar-refractivity contribution in [2.75, 3.05) is 10.6 Å². The summed E-state index contributed by atoms with van der Waals surface area (Å²) >= 11 is 11.9. The van der Waals surface area contributed by atoms with Gasteiger partial charge in [0.25, 0.3) is 5.91 Å². The van der Waals surface area contributed by atoms with Gasteiger partial charge in [0, 0.05) is 18.0 Å². The molecule has 3 rings (SSSR count). The van der Waals surface area contributed by atoms with Gasteiger partial charge in [-0.3, -0.25) is 4.79 Å². The van der Waals surface area contributed by atoms with Crippen LogP contribution in [0.25, 0.3) is 0 Å². The first-order valence-electron chi connectivity index (χ1n) is 7.24. The molecule has 0 unspecified atom stereocenters. The zero-order valence-electron chi connectivity index (χ0n) is 12.9. The molecule has 0 aliphatic heterocycles. The van der Waals surface area contributed by atoms with Crippen molar-refractivity contribution in [3.05, 3.63) is 76.0 Å². The quantitative estimate of drug-likeness (QED) is 0.648. The number of amides is 1. The van der Waals surface area contributed by atoms with E-state index in [-0.39, 0.29) is 22.4 Å². The van der Waals surface area contributed by atoms with Crippen LogP contribution >= 0.6 is 23.2 Å². The number of nitrogens with one attached hydrogen (secondary N) is 2. The Morgan fingerprint density at radius 3 is 2.62 bits per heavy atom. The minimum absolute atomic E-state index is 0.0425. The van der Waals surface area contributed by atoms with E-state index in [1.807, 2.05) is 0 Å². The first kappa shape index (κ1) is 18.0. The summed E-state index contributed by atoms with van der Waals surface area (Å²) in [6, 6.07) is 9.46. The zero-order chi connectivity index (χ0) is 18.7. The van der Waals surface area contributed by atoms with Crippen molar-refractivity contribution in [1.29, 1.82) is 0 Å². The van der Waals surface area contributed by atoms with Crippen LogP contribution in [0, 0.1) is 11.6 Å². The van der Waals surface area contributed by atoms with E-state index in [0.717, 1.165) is 12.1 Å². The van der Waals surface area contributed by atoms with Gasteiger partial charge in [-0.25, -0.2) is 18.7 Å². The number of rotatable bonds is 4. The van der Waals surface area contributed by atoms with Gasteiger partial charge in [0.2, 0.25) is 5.95 Å². The van der Waals surface area contributed by atoms with Crippen molar-refractivity contribution in [1.82, 2.24) is 9.97 Å². The van der Waals surface area contributed by atoms with E-state index >= 15 is 0 Å². The molecule has 1 amide bonds. The summed E-state index contributed by atoms with van der Waals surface area (Å²) in [5.41, 5.74) is 0.610. The van der Waals surface area contributed by atoms with Gasteiger partial charge in [0.05, 0.1) is 15.7 Å². The maximum Gasteiger partial charge on any atom is 0.274 e. The lowest BCUT2D eigenvalue weighted by Gasteiger charge is -2.09. The van der Waals surface area contributed by atoms with E-state index in [2.05, 4.69) is 20.6 Å². The molecule has 1 aromatic heterocycles. The molecule has 1 heterocycles. The van der Waals surface area contributed by atoms with Crippen molar-refractivity contribution in [3.63, 3.8) is 0 Å². The van der Waals surface area contributed by atoms with Crippen LogP contribution in [0.3, 0.4) is 0 Å². The van der Waals surface area contributed by atoms with Crippen molar-refractivity contribution < 1.29 is 13.6 Å². The molecule has 0 aliphatic carbocycles. The molecular weight excluding hydrogens is 385 g/mol. The Kier molecular flexibility index (Phi) is 5.29. The minimum atomic E-state index is -1.01. The molecule has 0 fully saturated rings. The van der Waals surface area contributed by atoms with Crippen LogP contribution < -0.4 is 10.6 Å². The summed E-state index contributed by atoms with van der Waals surface area (Å²) in [7, 11) is 0. The average molecular weight is 395 g/mol. The first-order chi connectivity index (χ1) is 12.4. The van der Waals surface area contributed by atoms with Gasteiger partial charge in [0.15, 0.2) is 11.6 Å². The van der Waals surface area contributed by atoms with Crippen molar-refractivity contribution >= 4 is 46.4 Å². The summed E-state index contributed by atoms with van der Waals surface area (Å²) in [6.07, 6.45) is 1.35. The molecule has 26 heavy (non-hydrogen) atoms. The van der Waals surface area contributed by atoms with E-state index in [0.29, 0.717) is 10.7 Å². The lowest BCUT2D eigenvalue weighted by atomic mass is 10.3. The van der Waals surface area contributed by atoms with Crippen LogP contribution in [0.1, 0.15) is 10.5 Å². The highest BCUT2D eigenvalue weighted by Crippen LogP contribution is 2.29. The highest BCUT2D eigenvalue weighted by atomic mass is 35.5. The zero-order valence-corrected chi connectivity index (χ0v) is 14.4. The van der Waals surface area contributed by atoms with Gasteiger partial charge in [-0.15, -0.1) is 0 Å². The van der Waals surface area contributed by atoms with Crippen molar-refractivity contribution in [2.24, 2.45) is 0 Å². The highest BCUT2D eigenvalue weighted by molar-refractivity contribution is 6.44. The Balaban J connectivity index is 1.79. The average Bonchev–Trinajstić information content (AvgIpc) is 2.62. The third-order valence-corrected chi connectivity index (χ3v) is 4.08. The lowest BCUT2D eigenvalue weighted by Crippen LogP contribution is -2.15. The van der Waals surface area contributed by atoms with E-state index in [4.69, 9.17) is 23.2 Å². The van der Waals surface area contributed by atoms with E-state index in [9.17, 15) is 13.6 Å². The van der Waals surface area contributed by atoms with E-state index in [1.54, 1.807) is 18.2 Å². The summed E-state index contributed by atoms with van der Waals surface area (Å²) < 4.78 is 26.2. The molecule has 0 bridgehead atoms. The Bertz CT molecular complexity index is 985. The molecule has 5 nitrogen and oxygen atoms in total. The van der Waals surface area contributed by atoms with Crippen molar-refractivity contribution in [2.45, 2.75) is 0 Å². The molecule has 132 valence electrons. The van der Waals surface area contributed by atoms with Gasteiger partial charge in [-0.1, -0.05) is 29.3 Å². The summed E-state index contributed by atoms with van der Waals surface area (Å²) in [5.74, 6) is -2.48. The Morgan fingerprint density at radius 2 is 1.85 bits per heavy atom. The SMILES string of the molecule is O=C(Nc1cccc(Cl)c1Cl)c1ccnc(Nc2ccc(F)c(F)c2)n1. The maximum absolute atomic E-state index is 13.3. The van der Waals surface area contributed by atoms with Crippen LogP contribution in [0.4, 0.5) is 26.1 Å². The van der Waals surface area contributed by atoms with E-state index < -0.39 is 17.5 Å². The fourth-order valence-electron chi connectivity index (χ4n) is 2.04. The van der Waals surface area contributed by atoms with Gasteiger partial charge in [-0.2, -0.15) is 0 Å². The second-order valence-corrected chi connectivity index (χ2v) is 5.86. The smallest absolute Gasteiger partial charge is 0.274 e. The van der Waals surface area contributed by atoms with Crippen molar-refractivity contribution in [3.8, 4) is 0 Å². The second-order valence-electron chi connectivity index (χ2n) is 5.07. The van der Waals surface area contributed by atoms with Gasteiger partial charge in [-0.05, 0) is 30.3 Å². The lowest BCUT2D eigenvalue weighted by molar-refractivity contribution is 0.102. The molecule has 2 aromatic carbocycles. The number of halogens is 4. The Morgan fingerprint density at radius 1 is 1.04 bits per heavy atom. The predicted octanol–water partition coefficient (Wildman–Crippen LogP) is 5.06. The first-order valence-corrected chi connectivity index (χ1v) is 8.00. The van der Waals surface area contributed by atoms with E-state index in [1.165, 1.54) is 18.3 Å². The molecule has 0 aliphatic rings. The number of carbonyl (C=O) groups is 1. The number of anilines is 3. The summed E-state index contributed by atoms with van der Waals surface area (Å²) in [4.78, 5) is 20.3. The Hall–Kier alpha value is -2.77. The minimum Gasteiger partial charge on any atom is -0.324 e. The summed E-state index contributed by atoms with van der Waals surface area (Å²) in [6.45, 7) is 0. The maximum atomic E-state index is 13.3. The van der Waals surface area contributed by atoms with Crippen LogP contribution in [-0.2, 0) is 0 Å². The van der Waals surface area contributed by atoms with Gasteiger partial charge < -0.3 is 10.6 Å². The van der Waals surface area contributed by atoms with Gasteiger partial charge in [0.1, 0.15) is 5.69 Å². The second kappa shape index (κ2) is 7.63. The Labute approximate surface area is 157 Å². The topological polar surface area (TPSA) is 66.9 Å². The molecule has 0 atom stereocenters. The van der Waals surface area contributed by atoms with Gasteiger partial charge >= 0.3 is 0 Å². The molecule has 0 radical (unpaired) electrons. The monoisotopic (exact) mass is 394 g/mol. The fraction of sp³-hybridized carbons (Fsp3) is 0. The van der Waals surface area contributed by atoms with Crippen LogP contribution in [0.5, 0.6) is 0 Å². The molecule has 3 aromatic rings. The molecule has 0 saturated heterocycles. The number of hydrogen-bond donors (Lipinski definition) is 2. The number of nitrogens with zero attached hydrogens (tertiary/aromatic N) is 2. The molecular formula is C17H10Cl2F2N4O. The number of hydrogen-bond acceptors (Lipinski definition) is 4. The summed E-state index contributed by atoms with van der Waals surface area (Å²) in [5, 5.41) is 5.79. The van der Waals surface area contributed by atoms with Crippen LogP contribution in [0.2, 0.25) is 10.0 Å². The number of carbonyl (C=O) groups excluding carboxylic acids is 1. The molecule has 0 saturated carbocycles. The number of benzene rings is 2. The third kappa shape index (κ3) is 4.07. The fourth-order valence-corrected chi connectivity index (χ4v) is 2.38. The largest absolute Gasteiger partial charge is 0.324 e. The molecule has 2 N–H and O–H groups in total. The standard InChI is InChI=1S/C17H10Cl2F2N4O/c18-10-2-1-3-13(15(10)19)24-16(26)14-6-7-22-17(25-14)23-9-4-5-11(20)12(21)8-9/h1-8H,(H,24,26)(H,22,23,25). The van der Waals surface area contributed by atoms with Crippen LogP contribution in [0.15, 0.2) is 48.7 Å². The molecule has 9 heteroatoms. The molecule has 0 spiro atoms.